The summed E-state index contributed by atoms with van der Waals surface area (Å²) in [7, 11) is 0. The molecule has 0 spiro atoms. The van der Waals surface area contributed by atoms with E-state index in [1.165, 1.54) is 0 Å². The number of amides is 1. The van der Waals surface area contributed by atoms with E-state index in [9.17, 15) is 9.59 Å². The van der Waals surface area contributed by atoms with Gasteiger partial charge in [0.2, 0.25) is 5.91 Å². The maximum atomic E-state index is 12.0. The van der Waals surface area contributed by atoms with E-state index in [0.29, 0.717) is 31.6 Å². The Morgan fingerprint density at radius 3 is 2.53 bits per heavy atom. The van der Waals surface area contributed by atoms with Crippen LogP contribution in [-0.2, 0) is 9.59 Å². The highest BCUT2D eigenvalue weighted by atomic mass is 16.4. The molecule has 1 saturated carbocycles. The Kier molecular flexibility index (Phi) is 3.61. The molecule has 1 aliphatic rings. The van der Waals surface area contributed by atoms with E-state index in [1.807, 2.05) is 0 Å². The largest absolute Gasteiger partial charge is 0.480 e. The quantitative estimate of drug-likeness (QED) is 0.768. The van der Waals surface area contributed by atoms with Crippen molar-refractivity contribution in [3.05, 3.63) is 17.9 Å². The van der Waals surface area contributed by atoms with Crippen molar-refractivity contribution < 1.29 is 19.1 Å². The van der Waals surface area contributed by atoms with Gasteiger partial charge in [0.05, 0.1) is 0 Å². The number of hydrogen-bond donors (Lipinski definition) is 3. The summed E-state index contributed by atoms with van der Waals surface area (Å²) in [5.74, 6) is -0.188. The van der Waals surface area contributed by atoms with E-state index in [2.05, 4.69) is 5.32 Å². The lowest BCUT2D eigenvalue weighted by atomic mass is 9.77. The maximum Gasteiger partial charge on any atom is 0.323 e. The second-order valence-electron chi connectivity index (χ2n) is 5.14. The average molecular weight is 266 g/mol. The van der Waals surface area contributed by atoms with Crippen molar-refractivity contribution in [3.8, 4) is 0 Å². The van der Waals surface area contributed by atoms with Crippen LogP contribution in [0.3, 0.4) is 0 Å². The number of carbonyl (C=O) groups is 2. The number of carboxylic acids is 1. The van der Waals surface area contributed by atoms with Crippen molar-refractivity contribution >= 4 is 17.8 Å². The molecular formula is C13H18N2O4. The molecule has 4 N–H and O–H groups in total. The molecule has 0 atom stereocenters. The van der Waals surface area contributed by atoms with Gasteiger partial charge in [-0.05, 0) is 38.7 Å². The van der Waals surface area contributed by atoms with Gasteiger partial charge in [0, 0.05) is 12.0 Å². The predicted octanol–water partition coefficient (Wildman–Crippen LogP) is 1.50. The molecule has 0 aliphatic heterocycles. The summed E-state index contributed by atoms with van der Waals surface area (Å²) >= 11 is 0. The Bertz CT molecular complexity index is 487. The Morgan fingerprint density at radius 1 is 1.42 bits per heavy atom. The van der Waals surface area contributed by atoms with Gasteiger partial charge in [-0.25, -0.2) is 0 Å². The highest BCUT2D eigenvalue weighted by Crippen LogP contribution is 2.31. The molecule has 6 nitrogen and oxygen atoms in total. The minimum absolute atomic E-state index is 0.137. The van der Waals surface area contributed by atoms with Crippen molar-refractivity contribution in [1.29, 1.82) is 0 Å². The third kappa shape index (κ3) is 2.96. The smallest absolute Gasteiger partial charge is 0.323 e. The third-order valence-electron chi connectivity index (χ3n) is 3.66. The Labute approximate surface area is 111 Å². The first-order valence-electron chi connectivity index (χ1n) is 6.30. The summed E-state index contributed by atoms with van der Waals surface area (Å²) in [4.78, 5) is 23.0. The molecule has 0 unspecified atom stereocenters. The van der Waals surface area contributed by atoms with Gasteiger partial charge in [0.15, 0.2) is 5.88 Å². The molecule has 0 bridgehead atoms. The molecule has 19 heavy (non-hydrogen) atoms. The van der Waals surface area contributed by atoms with Crippen molar-refractivity contribution in [2.24, 2.45) is 11.7 Å². The Morgan fingerprint density at radius 2 is 2.05 bits per heavy atom. The van der Waals surface area contributed by atoms with Gasteiger partial charge in [0.1, 0.15) is 11.3 Å². The van der Waals surface area contributed by atoms with Crippen LogP contribution in [0.5, 0.6) is 0 Å². The van der Waals surface area contributed by atoms with Crippen molar-refractivity contribution in [3.63, 3.8) is 0 Å². The average Bonchev–Trinajstić information content (AvgIpc) is 2.75. The zero-order valence-corrected chi connectivity index (χ0v) is 10.8. The van der Waals surface area contributed by atoms with E-state index >= 15 is 0 Å². The molecule has 1 aromatic heterocycles. The summed E-state index contributed by atoms with van der Waals surface area (Å²) in [5.41, 5.74) is 4.59. The van der Waals surface area contributed by atoms with Crippen LogP contribution in [0, 0.1) is 12.8 Å². The van der Waals surface area contributed by atoms with E-state index in [-0.39, 0.29) is 11.8 Å². The molecular weight excluding hydrogens is 248 g/mol. The van der Waals surface area contributed by atoms with Crippen LogP contribution in [0.1, 0.15) is 31.4 Å². The highest BCUT2D eigenvalue weighted by molar-refractivity contribution is 5.91. The maximum absolute atomic E-state index is 12.0. The van der Waals surface area contributed by atoms with Gasteiger partial charge in [0.25, 0.3) is 0 Å². The first-order chi connectivity index (χ1) is 8.90. The molecule has 2 rings (SSSR count). The number of aliphatic carboxylic acids is 1. The van der Waals surface area contributed by atoms with Crippen LogP contribution in [-0.4, -0.2) is 22.5 Å². The van der Waals surface area contributed by atoms with Crippen LogP contribution >= 0.6 is 0 Å². The van der Waals surface area contributed by atoms with Gasteiger partial charge in [-0.1, -0.05) is 0 Å². The number of aryl methyl sites for hydroxylation is 1. The number of rotatable bonds is 3. The van der Waals surface area contributed by atoms with Crippen molar-refractivity contribution in [2.45, 2.75) is 38.1 Å². The molecule has 1 heterocycles. The summed E-state index contributed by atoms with van der Waals surface area (Å²) in [6.45, 7) is 1.80. The second-order valence-corrected chi connectivity index (χ2v) is 5.14. The van der Waals surface area contributed by atoms with E-state index < -0.39 is 11.5 Å². The number of anilines is 1. The highest BCUT2D eigenvalue weighted by Gasteiger charge is 2.40. The fourth-order valence-electron chi connectivity index (χ4n) is 2.33. The monoisotopic (exact) mass is 266 g/mol. The van der Waals surface area contributed by atoms with Gasteiger partial charge >= 0.3 is 5.97 Å². The molecule has 0 saturated heterocycles. The number of hydrogen-bond acceptors (Lipinski definition) is 4. The number of carboxylic acid groups (broad SMARTS) is 1. The van der Waals surface area contributed by atoms with Crippen LogP contribution in [0.15, 0.2) is 16.5 Å². The normalized spacial score (nSPS) is 26.9. The van der Waals surface area contributed by atoms with Crippen LogP contribution in [0.25, 0.3) is 0 Å². The molecule has 1 aromatic rings. The zero-order chi connectivity index (χ0) is 14.0. The molecule has 0 aromatic carbocycles. The van der Waals surface area contributed by atoms with Gasteiger partial charge in [-0.2, -0.15) is 0 Å². The SMILES string of the molecule is Cc1ccc(NC(=O)C2CCC(N)(C(=O)O)CC2)o1. The number of nitrogens with two attached hydrogens (primary N) is 1. The van der Waals surface area contributed by atoms with Gasteiger partial charge in [-0.3, -0.25) is 14.9 Å². The summed E-state index contributed by atoms with van der Waals surface area (Å²) in [6, 6.07) is 3.46. The first kappa shape index (κ1) is 13.6. The summed E-state index contributed by atoms with van der Waals surface area (Å²) in [6.07, 6.45) is 1.60. The predicted molar refractivity (Wildman–Crippen MR) is 68.6 cm³/mol. The van der Waals surface area contributed by atoms with E-state index in [1.54, 1.807) is 19.1 Å². The lowest BCUT2D eigenvalue weighted by molar-refractivity contribution is -0.145. The molecule has 0 radical (unpaired) electrons. The first-order valence-corrected chi connectivity index (χ1v) is 6.30. The third-order valence-corrected chi connectivity index (χ3v) is 3.66. The summed E-state index contributed by atoms with van der Waals surface area (Å²) in [5, 5.41) is 11.7. The Hall–Kier alpha value is -1.82. The van der Waals surface area contributed by atoms with E-state index in [4.69, 9.17) is 15.3 Å². The number of carbonyl (C=O) groups excluding carboxylic acids is 1. The fraction of sp³-hybridized carbons (Fsp3) is 0.538. The Balaban J connectivity index is 1.91. The number of nitrogens with one attached hydrogen (secondary N) is 1. The lowest BCUT2D eigenvalue weighted by Gasteiger charge is -2.32. The van der Waals surface area contributed by atoms with Gasteiger partial charge in [-0.15, -0.1) is 0 Å². The zero-order valence-electron chi connectivity index (χ0n) is 10.8. The molecule has 1 fully saturated rings. The van der Waals surface area contributed by atoms with Crippen molar-refractivity contribution in [1.82, 2.24) is 0 Å². The topological polar surface area (TPSA) is 106 Å². The van der Waals surface area contributed by atoms with Crippen LogP contribution < -0.4 is 11.1 Å². The minimum Gasteiger partial charge on any atom is -0.480 e. The van der Waals surface area contributed by atoms with Crippen LogP contribution in [0.2, 0.25) is 0 Å². The van der Waals surface area contributed by atoms with Crippen molar-refractivity contribution in [2.75, 3.05) is 5.32 Å². The van der Waals surface area contributed by atoms with Gasteiger partial charge < -0.3 is 15.3 Å². The fourth-order valence-corrected chi connectivity index (χ4v) is 2.33. The number of furan rings is 1. The second kappa shape index (κ2) is 5.05. The molecule has 1 aliphatic carbocycles. The molecule has 1 amide bonds. The molecule has 6 heteroatoms. The van der Waals surface area contributed by atoms with E-state index in [0.717, 1.165) is 5.76 Å². The lowest BCUT2D eigenvalue weighted by Crippen LogP contribution is -2.51. The standard InChI is InChI=1S/C13H18N2O4/c1-8-2-3-10(19-8)15-11(16)9-4-6-13(14,7-5-9)12(17)18/h2-3,9H,4-7,14H2,1H3,(H,15,16)(H,17,18). The molecule has 104 valence electrons. The minimum atomic E-state index is -1.18. The van der Waals surface area contributed by atoms with Crippen LogP contribution in [0.4, 0.5) is 5.88 Å². The summed E-state index contributed by atoms with van der Waals surface area (Å²) < 4.78 is 5.27.